The predicted molar refractivity (Wildman–Crippen MR) is 106 cm³/mol. The Kier molecular flexibility index (Phi) is 8.88. The quantitative estimate of drug-likeness (QED) is 0.546. The summed E-state index contributed by atoms with van der Waals surface area (Å²) in [6, 6.07) is 8.38. The molecule has 6 nitrogen and oxygen atoms in total. The Morgan fingerprint density at radius 3 is 2.88 bits per heavy atom. The van der Waals surface area contributed by atoms with Gasteiger partial charge in [-0.3, -0.25) is 9.89 Å². The average Bonchev–Trinajstić information content (AvgIpc) is 2.62. The molecule has 2 N–H and O–H groups in total. The maximum Gasteiger partial charge on any atom is 0.191 e. The first-order chi connectivity index (χ1) is 12.6. The molecule has 1 saturated heterocycles. The topological polar surface area (TPSA) is 58.1 Å². The zero-order chi connectivity index (χ0) is 18.8. The number of nitrogens with zero attached hydrogens (tertiary/aromatic N) is 2. The molecule has 1 unspecified atom stereocenters. The number of aliphatic imine (C=N–C) groups is 1. The van der Waals surface area contributed by atoms with Crippen molar-refractivity contribution in [2.75, 3.05) is 46.9 Å². The van der Waals surface area contributed by atoms with E-state index in [0.717, 1.165) is 45.3 Å². The lowest BCUT2D eigenvalue weighted by atomic mass is 10.1. The molecule has 0 aliphatic carbocycles. The first kappa shape index (κ1) is 20.7. The number of benzene rings is 1. The van der Waals surface area contributed by atoms with Crippen LogP contribution in [0.3, 0.4) is 0 Å². The van der Waals surface area contributed by atoms with E-state index in [1.165, 1.54) is 11.1 Å². The van der Waals surface area contributed by atoms with E-state index in [-0.39, 0.29) is 6.10 Å². The van der Waals surface area contributed by atoms with Crippen molar-refractivity contribution in [1.29, 1.82) is 0 Å². The molecule has 1 aliphatic rings. The second kappa shape index (κ2) is 11.2. The number of ether oxygens (including phenoxy) is 2. The summed E-state index contributed by atoms with van der Waals surface area (Å²) >= 11 is 0. The molecule has 1 aromatic carbocycles. The molecule has 0 bridgehead atoms. The Labute approximate surface area is 158 Å². The predicted octanol–water partition coefficient (Wildman–Crippen LogP) is 1.85. The van der Waals surface area contributed by atoms with Gasteiger partial charge in [0.15, 0.2) is 5.96 Å². The van der Waals surface area contributed by atoms with Crippen LogP contribution in [-0.2, 0) is 22.6 Å². The van der Waals surface area contributed by atoms with Crippen LogP contribution in [0.15, 0.2) is 29.3 Å². The molecule has 26 heavy (non-hydrogen) atoms. The van der Waals surface area contributed by atoms with Crippen molar-refractivity contribution < 1.29 is 9.47 Å². The van der Waals surface area contributed by atoms with Gasteiger partial charge in [-0.25, -0.2) is 0 Å². The van der Waals surface area contributed by atoms with E-state index in [9.17, 15) is 0 Å². The van der Waals surface area contributed by atoms with Crippen molar-refractivity contribution in [3.05, 3.63) is 35.4 Å². The van der Waals surface area contributed by atoms with Gasteiger partial charge in [-0.15, -0.1) is 0 Å². The van der Waals surface area contributed by atoms with Crippen LogP contribution in [0, 0.1) is 5.92 Å². The highest BCUT2D eigenvalue weighted by atomic mass is 16.5. The minimum atomic E-state index is 0.200. The highest BCUT2D eigenvalue weighted by Gasteiger charge is 2.21. The number of morpholine rings is 1. The summed E-state index contributed by atoms with van der Waals surface area (Å²) in [7, 11) is 3.51. The van der Waals surface area contributed by atoms with E-state index < -0.39 is 0 Å². The first-order valence-corrected chi connectivity index (χ1v) is 9.46. The summed E-state index contributed by atoms with van der Waals surface area (Å²) in [4.78, 5) is 6.80. The van der Waals surface area contributed by atoms with Gasteiger partial charge < -0.3 is 20.1 Å². The summed E-state index contributed by atoms with van der Waals surface area (Å²) in [6.07, 6.45) is 0.200. The van der Waals surface area contributed by atoms with Crippen LogP contribution in [0.1, 0.15) is 25.0 Å². The molecule has 0 saturated carbocycles. The minimum absolute atomic E-state index is 0.200. The van der Waals surface area contributed by atoms with Gasteiger partial charge in [-0.05, 0) is 17.0 Å². The van der Waals surface area contributed by atoms with Crippen LogP contribution in [0.5, 0.6) is 0 Å². The Morgan fingerprint density at radius 2 is 2.15 bits per heavy atom. The largest absolute Gasteiger partial charge is 0.380 e. The van der Waals surface area contributed by atoms with E-state index in [0.29, 0.717) is 12.5 Å². The van der Waals surface area contributed by atoms with Crippen molar-refractivity contribution in [3.8, 4) is 0 Å². The van der Waals surface area contributed by atoms with Gasteiger partial charge in [0.1, 0.15) is 0 Å². The van der Waals surface area contributed by atoms with Crippen LogP contribution in [-0.4, -0.2) is 63.9 Å². The lowest BCUT2D eigenvalue weighted by Crippen LogP contribution is -2.50. The molecule has 1 aliphatic heterocycles. The highest BCUT2D eigenvalue weighted by Crippen LogP contribution is 2.08. The van der Waals surface area contributed by atoms with Gasteiger partial charge in [-0.2, -0.15) is 0 Å². The Morgan fingerprint density at radius 1 is 1.35 bits per heavy atom. The van der Waals surface area contributed by atoms with Gasteiger partial charge >= 0.3 is 0 Å². The molecule has 146 valence electrons. The third-order valence-electron chi connectivity index (χ3n) is 4.33. The van der Waals surface area contributed by atoms with E-state index in [1.807, 2.05) is 0 Å². The Bertz CT molecular complexity index is 562. The molecule has 6 heteroatoms. The molecular weight excluding hydrogens is 328 g/mol. The van der Waals surface area contributed by atoms with Crippen molar-refractivity contribution in [1.82, 2.24) is 15.5 Å². The molecule has 0 radical (unpaired) electrons. The maximum absolute atomic E-state index is 5.89. The summed E-state index contributed by atoms with van der Waals surface area (Å²) in [6.45, 7) is 10.6. The fourth-order valence-corrected chi connectivity index (χ4v) is 3.20. The Balaban J connectivity index is 1.76. The van der Waals surface area contributed by atoms with Crippen molar-refractivity contribution in [3.63, 3.8) is 0 Å². The molecule has 0 spiro atoms. The lowest BCUT2D eigenvalue weighted by molar-refractivity contribution is -0.0284. The number of hydrogen-bond acceptors (Lipinski definition) is 4. The van der Waals surface area contributed by atoms with Gasteiger partial charge in [0, 0.05) is 46.9 Å². The van der Waals surface area contributed by atoms with E-state index in [2.05, 4.69) is 58.6 Å². The molecule has 0 aromatic heterocycles. The maximum atomic E-state index is 5.89. The van der Waals surface area contributed by atoms with Crippen LogP contribution in [0.25, 0.3) is 0 Å². The van der Waals surface area contributed by atoms with Gasteiger partial charge in [0.25, 0.3) is 0 Å². The molecule has 0 amide bonds. The Hall–Kier alpha value is -1.63. The number of nitrogens with one attached hydrogen (secondary N) is 2. The molecule has 1 fully saturated rings. The van der Waals surface area contributed by atoms with Gasteiger partial charge in [-0.1, -0.05) is 38.1 Å². The normalized spacial score (nSPS) is 19.0. The molecule has 2 rings (SSSR count). The van der Waals surface area contributed by atoms with Crippen LogP contribution < -0.4 is 10.6 Å². The van der Waals surface area contributed by atoms with Crippen molar-refractivity contribution >= 4 is 5.96 Å². The summed E-state index contributed by atoms with van der Waals surface area (Å²) in [5.74, 6) is 1.48. The number of methoxy groups -OCH3 is 1. The zero-order valence-electron chi connectivity index (χ0n) is 16.6. The van der Waals surface area contributed by atoms with E-state index in [1.54, 1.807) is 14.2 Å². The number of hydrogen-bond donors (Lipinski definition) is 2. The molecule has 1 heterocycles. The SMILES string of the molecule is CN=C(NCc1cccc(COC)c1)NCC1CN(CC(C)C)CCO1. The van der Waals surface area contributed by atoms with Crippen LogP contribution in [0.2, 0.25) is 0 Å². The van der Waals surface area contributed by atoms with Crippen molar-refractivity contribution in [2.45, 2.75) is 33.1 Å². The first-order valence-electron chi connectivity index (χ1n) is 9.46. The summed E-state index contributed by atoms with van der Waals surface area (Å²) in [5.41, 5.74) is 2.38. The van der Waals surface area contributed by atoms with Crippen LogP contribution >= 0.6 is 0 Å². The number of guanidine groups is 1. The van der Waals surface area contributed by atoms with Crippen LogP contribution in [0.4, 0.5) is 0 Å². The average molecular weight is 363 g/mol. The van der Waals surface area contributed by atoms with Gasteiger partial charge in [0.2, 0.25) is 0 Å². The number of rotatable bonds is 8. The van der Waals surface area contributed by atoms with Crippen molar-refractivity contribution in [2.24, 2.45) is 10.9 Å². The third-order valence-corrected chi connectivity index (χ3v) is 4.33. The molecule has 1 aromatic rings. The highest BCUT2D eigenvalue weighted by molar-refractivity contribution is 5.79. The second-order valence-electron chi connectivity index (χ2n) is 7.21. The summed E-state index contributed by atoms with van der Waals surface area (Å²) < 4.78 is 11.1. The second-order valence-corrected chi connectivity index (χ2v) is 7.21. The standard InChI is InChI=1S/C20H34N4O2/c1-16(2)13-24-8-9-26-19(14-24)12-23-20(21-3)22-11-17-6-5-7-18(10-17)15-25-4/h5-7,10,16,19H,8-9,11-15H2,1-4H3,(H2,21,22,23). The minimum Gasteiger partial charge on any atom is -0.380 e. The van der Waals surface area contributed by atoms with Gasteiger partial charge in [0.05, 0.1) is 19.3 Å². The summed E-state index contributed by atoms with van der Waals surface area (Å²) in [5, 5.41) is 6.75. The fourth-order valence-electron chi connectivity index (χ4n) is 3.20. The molecular formula is C20H34N4O2. The third kappa shape index (κ3) is 7.32. The smallest absolute Gasteiger partial charge is 0.191 e. The van der Waals surface area contributed by atoms with E-state index in [4.69, 9.17) is 9.47 Å². The zero-order valence-corrected chi connectivity index (χ0v) is 16.6. The monoisotopic (exact) mass is 362 g/mol. The lowest BCUT2D eigenvalue weighted by Gasteiger charge is -2.34. The molecule has 1 atom stereocenters. The van der Waals surface area contributed by atoms with E-state index >= 15 is 0 Å². The fraction of sp³-hybridized carbons (Fsp3) is 0.650.